The lowest BCUT2D eigenvalue weighted by Crippen LogP contribution is -2.25. The molecule has 0 aliphatic carbocycles. The topological polar surface area (TPSA) is 122 Å². The van der Waals surface area contributed by atoms with E-state index in [1.54, 1.807) is 0 Å². The molecule has 3 aromatic carbocycles. The van der Waals surface area contributed by atoms with Crippen molar-refractivity contribution in [2.45, 2.75) is 6.54 Å². The molecule has 0 atom stereocenters. The maximum Gasteiger partial charge on any atom is 0.229 e. The molecule has 0 saturated carbocycles. The Labute approximate surface area is 242 Å². The number of fused-ring (bicyclic) bond motifs is 3. The average Bonchev–Trinajstić information content (AvgIpc) is 3.77. The minimum Gasteiger partial charge on any atom is -0.368 e. The van der Waals surface area contributed by atoms with Crippen LogP contribution in [-0.4, -0.2) is 63.6 Å². The van der Waals surface area contributed by atoms with Crippen molar-refractivity contribution in [3.8, 4) is 0 Å². The lowest BCUT2D eigenvalue weighted by Gasteiger charge is -2.15. The number of imidazole rings is 2. The molecule has 0 saturated heterocycles. The third kappa shape index (κ3) is 4.35. The third-order valence-corrected chi connectivity index (χ3v) is 7.14. The molecular weight excluding hydrogens is 547 g/mol. The molecule has 0 bridgehead atoms. The monoisotopic (exact) mass is 572 g/mol. The van der Waals surface area contributed by atoms with Crippen LogP contribution in [0.3, 0.4) is 0 Å². The van der Waals surface area contributed by atoms with Crippen molar-refractivity contribution < 1.29 is 0 Å². The number of aromatic nitrogens is 4. The predicted molar refractivity (Wildman–Crippen MR) is 164 cm³/mol. The second-order valence-corrected chi connectivity index (χ2v) is 9.58. The molecule has 0 fully saturated rings. The van der Waals surface area contributed by atoms with Crippen molar-refractivity contribution in [1.82, 2.24) is 30.6 Å². The van der Waals surface area contributed by atoms with Crippen LogP contribution in [0.1, 0.15) is 22.3 Å². The normalized spacial score (nSPS) is 16.8. The van der Waals surface area contributed by atoms with Crippen molar-refractivity contribution in [2.24, 2.45) is 15.0 Å². The SMILES string of the molecule is Cl.Cl.c1ccc2c(c1)CN(c1nc3ccc(C4=NCCN4)cc3[nH]1)C2=Nc1nc2ccc(C3=NCCN3)cc2[nH]1. The van der Waals surface area contributed by atoms with Crippen molar-refractivity contribution in [3.63, 3.8) is 0 Å². The van der Waals surface area contributed by atoms with Gasteiger partial charge in [0.15, 0.2) is 0 Å². The van der Waals surface area contributed by atoms with Crippen LogP contribution < -0.4 is 15.5 Å². The van der Waals surface area contributed by atoms with E-state index >= 15 is 0 Å². The zero-order valence-corrected chi connectivity index (χ0v) is 22.9. The minimum absolute atomic E-state index is 0. The van der Waals surface area contributed by atoms with E-state index in [1.807, 2.05) is 24.3 Å². The Bertz CT molecular complexity index is 1830. The number of aromatic amines is 2. The van der Waals surface area contributed by atoms with Gasteiger partial charge in [-0.25, -0.2) is 9.97 Å². The summed E-state index contributed by atoms with van der Waals surface area (Å²) in [4.78, 5) is 32.8. The fraction of sp³-hybridized carbons (Fsp3) is 0.179. The largest absolute Gasteiger partial charge is 0.368 e. The van der Waals surface area contributed by atoms with Gasteiger partial charge in [0.25, 0.3) is 0 Å². The smallest absolute Gasteiger partial charge is 0.229 e. The zero-order valence-electron chi connectivity index (χ0n) is 21.3. The Morgan fingerprint density at radius 1 is 0.725 bits per heavy atom. The summed E-state index contributed by atoms with van der Waals surface area (Å²) >= 11 is 0. The molecule has 10 nitrogen and oxygen atoms in total. The Balaban J connectivity index is 0.00000145. The maximum absolute atomic E-state index is 5.01. The molecule has 3 aliphatic heterocycles. The molecule has 2 aromatic heterocycles. The summed E-state index contributed by atoms with van der Waals surface area (Å²) < 4.78 is 0. The van der Waals surface area contributed by atoms with Crippen LogP contribution in [-0.2, 0) is 6.54 Å². The first-order chi connectivity index (χ1) is 18.8. The van der Waals surface area contributed by atoms with E-state index in [4.69, 9.17) is 15.0 Å². The molecule has 202 valence electrons. The van der Waals surface area contributed by atoms with Crippen molar-refractivity contribution in [3.05, 3.63) is 82.9 Å². The highest BCUT2D eigenvalue weighted by Gasteiger charge is 2.29. The Hall–Kier alpha value is -4.41. The van der Waals surface area contributed by atoms with Crippen LogP contribution in [0.15, 0.2) is 75.6 Å². The van der Waals surface area contributed by atoms with Crippen molar-refractivity contribution in [2.75, 3.05) is 31.1 Å². The van der Waals surface area contributed by atoms with E-state index in [1.165, 1.54) is 5.56 Å². The standard InChI is InChI=1S/C28H24N10.2ClH/c1-2-4-19-18(3-1)15-38(28-35-21-8-6-17(14-23(21)36-28)25-31-11-12-32-25)26(19)37-27-33-20-7-5-16(13-22(20)34-27)24-29-9-10-30-24;;/h1-8,13-14H,9-12,15H2,(H,29,30)(H,31,32)(H,33,34)(H,35,36);2*1H. The second-order valence-electron chi connectivity index (χ2n) is 9.58. The molecule has 0 radical (unpaired) electrons. The molecule has 0 amide bonds. The lowest BCUT2D eigenvalue weighted by molar-refractivity contribution is 0.960. The van der Waals surface area contributed by atoms with Gasteiger partial charge < -0.3 is 20.6 Å². The summed E-state index contributed by atoms with van der Waals surface area (Å²) in [5.41, 5.74) is 8.03. The molecule has 4 N–H and O–H groups in total. The number of benzene rings is 3. The first-order valence-electron chi connectivity index (χ1n) is 12.8. The number of rotatable bonds is 4. The highest BCUT2D eigenvalue weighted by Crippen LogP contribution is 2.31. The molecule has 40 heavy (non-hydrogen) atoms. The van der Waals surface area contributed by atoms with Crippen LogP contribution >= 0.6 is 24.8 Å². The molecule has 0 unspecified atom stereocenters. The zero-order chi connectivity index (χ0) is 25.1. The van der Waals surface area contributed by atoms with Gasteiger partial charge in [-0.3, -0.25) is 14.9 Å². The van der Waals surface area contributed by atoms with E-state index in [2.05, 4.69) is 71.9 Å². The van der Waals surface area contributed by atoms with Gasteiger partial charge in [-0.1, -0.05) is 24.3 Å². The van der Waals surface area contributed by atoms with E-state index < -0.39 is 0 Å². The molecule has 5 aromatic rings. The van der Waals surface area contributed by atoms with Crippen LogP contribution in [0.4, 0.5) is 11.9 Å². The van der Waals surface area contributed by atoms with E-state index in [-0.39, 0.29) is 24.8 Å². The highest BCUT2D eigenvalue weighted by molar-refractivity contribution is 6.14. The van der Waals surface area contributed by atoms with Gasteiger partial charge >= 0.3 is 0 Å². The van der Waals surface area contributed by atoms with Gasteiger partial charge in [-0.2, -0.15) is 4.99 Å². The molecule has 8 rings (SSSR count). The molecule has 0 spiro atoms. The van der Waals surface area contributed by atoms with Gasteiger partial charge in [0.1, 0.15) is 17.5 Å². The lowest BCUT2D eigenvalue weighted by atomic mass is 10.1. The third-order valence-electron chi connectivity index (χ3n) is 7.14. The first kappa shape index (κ1) is 25.8. The van der Waals surface area contributed by atoms with Crippen LogP contribution in [0.5, 0.6) is 0 Å². The van der Waals surface area contributed by atoms with Gasteiger partial charge in [0.05, 0.1) is 41.7 Å². The van der Waals surface area contributed by atoms with Gasteiger partial charge in [-0.05, 0) is 42.0 Å². The number of amidine groups is 3. The molecule has 12 heteroatoms. The number of nitrogens with one attached hydrogen (secondary N) is 4. The number of aliphatic imine (C=N–C) groups is 3. The number of hydrogen-bond donors (Lipinski definition) is 4. The molecule has 3 aliphatic rings. The van der Waals surface area contributed by atoms with Crippen LogP contribution in [0.25, 0.3) is 22.1 Å². The number of anilines is 1. The summed E-state index contributed by atoms with van der Waals surface area (Å²) in [5, 5.41) is 6.67. The maximum atomic E-state index is 5.01. The number of nitrogens with zero attached hydrogens (tertiary/aromatic N) is 6. The van der Waals surface area contributed by atoms with Crippen molar-refractivity contribution >= 4 is 76.3 Å². The first-order valence-corrected chi connectivity index (χ1v) is 12.8. The number of hydrogen-bond acceptors (Lipinski definition) is 7. The summed E-state index contributed by atoms with van der Waals surface area (Å²) in [7, 11) is 0. The van der Waals surface area contributed by atoms with Gasteiger partial charge in [-0.15, -0.1) is 24.8 Å². The minimum atomic E-state index is 0. The predicted octanol–water partition coefficient (Wildman–Crippen LogP) is 4.08. The van der Waals surface area contributed by atoms with E-state index in [0.29, 0.717) is 12.5 Å². The average molecular weight is 573 g/mol. The summed E-state index contributed by atoms with van der Waals surface area (Å²) in [6.07, 6.45) is 0. The van der Waals surface area contributed by atoms with Gasteiger partial charge in [0, 0.05) is 29.8 Å². The van der Waals surface area contributed by atoms with Crippen LogP contribution in [0, 0.1) is 0 Å². The van der Waals surface area contributed by atoms with Crippen LogP contribution in [0.2, 0.25) is 0 Å². The number of H-pyrrole nitrogens is 2. The summed E-state index contributed by atoms with van der Waals surface area (Å²) in [6, 6.07) is 20.7. The quantitative estimate of drug-likeness (QED) is 0.258. The Morgan fingerprint density at radius 3 is 2.05 bits per heavy atom. The fourth-order valence-corrected chi connectivity index (χ4v) is 5.31. The van der Waals surface area contributed by atoms with Crippen molar-refractivity contribution in [1.29, 1.82) is 0 Å². The molecular formula is C28H26Cl2N10. The summed E-state index contributed by atoms with van der Waals surface area (Å²) in [5.74, 6) is 3.97. The Morgan fingerprint density at radius 2 is 1.38 bits per heavy atom. The highest BCUT2D eigenvalue weighted by atomic mass is 35.5. The van der Waals surface area contributed by atoms with Gasteiger partial charge in [0.2, 0.25) is 11.9 Å². The number of halogens is 2. The van der Waals surface area contributed by atoms with E-state index in [0.717, 1.165) is 88.4 Å². The Kier molecular flexibility index (Phi) is 6.65. The second kappa shape index (κ2) is 10.3. The molecule has 5 heterocycles. The fourth-order valence-electron chi connectivity index (χ4n) is 5.31. The summed E-state index contributed by atoms with van der Waals surface area (Å²) in [6.45, 7) is 4.04. The van der Waals surface area contributed by atoms with E-state index in [9.17, 15) is 0 Å².